The van der Waals surface area contributed by atoms with Gasteiger partial charge in [0.25, 0.3) is 0 Å². The summed E-state index contributed by atoms with van der Waals surface area (Å²) < 4.78 is 5.17. The minimum Gasteiger partial charge on any atom is -0.362 e. The van der Waals surface area contributed by atoms with Crippen molar-refractivity contribution in [3.8, 4) is 0 Å². The number of nitrogens with one attached hydrogen (secondary N) is 2. The number of hydrogen-bond donors (Lipinski definition) is 2. The summed E-state index contributed by atoms with van der Waals surface area (Å²) in [5.41, 5.74) is 1.95. The highest BCUT2D eigenvalue weighted by Gasteiger charge is 2.09. The Morgan fingerprint density at radius 3 is 2.20 bits per heavy atom. The van der Waals surface area contributed by atoms with Gasteiger partial charge in [-0.05, 0) is 37.5 Å². The van der Waals surface area contributed by atoms with Crippen LogP contribution >= 0.6 is 0 Å². The number of para-hydroxylation sites is 1. The van der Waals surface area contributed by atoms with Crippen LogP contribution in [0.15, 0.2) is 60.7 Å². The quantitative estimate of drug-likeness (QED) is 0.737. The van der Waals surface area contributed by atoms with E-state index in [0.717, 1.165) is 12.8 Å². The SMILES string of the molecule is CC(CCc1ccccc1)NC(=O)COCC(=O)Nc1ccccc1. The summed E-state index contributed by atoms with van der Waals surface area (Å²) in [6.07, 6.45) is 1.76. The number of rotatable bonds is 9. The first-order chi connectivity index (χ1) is 12.1. The highest BCUT2D eigenvalue weighted by Crippen LogP contribution is 2.05. The Labute approximate surface area is 148 Å². The number of ether oxygens (including phenoxy) is 1. The lowest BCUT2D eigenvalue weighted by Crippen LogP contribution is -2.36. The third kappa shape index (κ3) is 7.63. The molecule has 0 saturated heterocycles. The van der Waals surface area contributed by atoms with Crippen LogP contribution in [0.1, 0.15) is 18.9 Å². The second-order valence-corrected chi connectivity index (χ2v) is 5.90. The first-order valence-corrected chi connectivity index (χ1v) is 8.39. The van der Waals surface area contributed by atoms with Gasteiger partial charge in [-0.1, -0.05) is 48.5 Å². The molecule has 0 aliphatic carbocycles. The monoisotopic (exact) mass is 340 g/mol. The number of amides is 2. The Bertz CT molecular complexity index is 659. The summed E-state index contributed by atoms with van der Waals surface area (Å²) >= 11 is 0. The minimum absolute atomic E-state index is 0.0504. The summed E-state index contributed by atoms with van der Waals surface area (Å²) in [7, 11) is 0. The lowest BCUT2D eigenvalue weighted by atomic mass is 10.1. The Hall–Kier alpha value is -2.66. The van der Waals surface area contributed by atoms with Crippen LogP contribution in [-0.4, -0.2) is 31.1 Å². The number of benzene rings is 2. The third-order valence-electron chi connectivity index (χ3n) is 3.64. The first-order valence-electron chi connectivity index (χ1n) is 8.39. The number of carbonyl (C=O) groups is 2. The molecule has 1 unspecified atom stereocenters. The smallest absolute Gasteiger partial charge is 0.250 e. The average molecular weight is 340 g/mol. The molecule has 132 valence electrons. The zero-order chi connectivity index (χ0) is 17.9. The van der Waals surface area contributed by atoms with Crippen molar-refractivity contribution in [2.75, 3.05) is 18.5 Å². The molecule has 2 N–H and O–H groups in total. The lowest BCUT2D eigenvalue weighted by Gasteiger charge is -2.14. The van der Waals surface area contributed by atoms with Crippen molar-refractivity contribution >= 4 is 17.5 Å². The van der Waals surface area contributed by atoms with E-state index in [1.807, 2.05) is 43.3 Å². The van der Waals surface area contributed by atoms with Gasteiger partial charge in [-0.25, -0.2) is 0 Å². The van der Waals surface area contributed by atoms with E-state index in [2.05, 4.69) is 22.8 Å². The number of aryl methyl sites for hydroxylation is 1. The summed E-state index contributed by atoms with van der Waals surface area (Å²) in [6.45, 7) is 1.68. The van der Waals surface area contributed by atoms with E-state index in [1.165, 1.54) is 5.56 Å². The van der Waals surface area contributed by atoms with Crippen LogP contribution in [0.5, 0.6) is 0 Å². The zero-order valence-corrected chi connectivity index (χ0v) is 14.4. The van der Waals surface area contributed by atoms with Gasteiger partial charge in [0.1, 0.15) is 13.2 Å². The Balaban J connectivity index is 1.59. The molecule has 0 saturated carbocycles. The number of anilines is 1. The molecule has 0 heterocycles. The maximum Gasteiger partial charge on any atom is 0.250 e. The molecule has 5 nitrogen and oxygen atoms in total. The van der Waals surface area contributed by atoms with E-state index in [0.29, 0.717) is 5.69 Å². The van der Waals surface area contributed by atoms with Crippen molar-refractivity contribution < 1.29 is 14.3 Å². The van der Waals surface area contributed by atoms with Crippen molar-refractivity contribution in [1.82, 2.24) is 5.32 Å². The molecule has 0 spiro atoms. The van der Waals surface area contributed by atoms with Crippen molar-refractivity contribution in [3.63, 3.8) is 0 Å². The van der Waals surface area contributed by atoms with Gasteiger partial charge in [-0.15, -0.1) is 0 Å². The highest BCUT2D eigenvalue weighted by molar-refractivity contribution is 5.91. The molecule has 0 aliphatic rings. The van der Waals surface area contributed by atoms with Crippen LogP contribution in [0.4, 0.5) is 5.69 Å². The van der Waals surface area contributed by atoms with Gasteiger partial charge in [-0.3, -0.25) is 9.59 Å². The average Bonchev–Trinajstić information content (AvgIpc) is 2.61. The molecule has 5 heteroatoms. The molecular weight excluding hydrogens is 316 g/mol. The molecule has 1 atom stereocenters. The summed E-state index contributed by atoms with van der Waals surface area (Å²) in [5, 5.41) is 5.58. The lowest BCUT2D eigenvalue weighted by molar-refractivity contribution is -0.129. The summed E-state index contributed by atoms with van der Waals surface area (Å²) in [5.74, 6) is -0.496. The fourth-order valence-electron chi connectivity index (χ4n) is 2.37. The van der Waals surface area contributed by atoms with Gasteiger partial charge in [0.2, 0.25) is 11.8 Å². The first kappa shape index (κ1) is 18.7. The van der Waals surface area contributed by atoms with Crippen molar-refractivity contribution in [1.29, 1.82) is 0 Å². The van der Waals surface area contributed by atoms with Crippen LogP contribution < -0.4 is 10.6 Å². The molecule has 0 aromatic heterocycles. The second kappa shape index (κ2) is 10.3. The van der Waals surface area contributed by atoms with Gasteiger partial charge >= 0.3 is 0 Å². The maximum absolute atomic E-state index is 11.8. The number of hydrogen-bond acceptors (Lipinski definition) is 3. The van der Waals surface area contributed by atoms with Crippen molar-refractivity contribution in [2.24, 2.45) is 0 Å². The molecule has 2 rings (SSSR count). The van der Waals surface area contributed by atoms with E-state index in [9.17, 15) is 9.59 Å². The Morgan fingerprint density at radius 1 is 0.920 bits per heavy atom. The van der Waals surface area contributed by atoms with E-state index >= 15 is 0 Å². The van der Waals surface area contributed by atoms with Crippen LogP contribution in [0.25, 0.3) is 0 Å². The third-order valence-corrected chi connectivity index (χ3v) is 3.64. The van der Waals surface area contributed by atoms with E-state index in [-0.39, 0.29) is 31.1 Å². The molecule has 2 aromatic carbocycles. The highest BCUT2D eigenvalue weighted by atomic mass is 16.5. The summed E-state index contributed by atoms with van der Waals surface area (Å²) in [4.78, 5) is 23.5. The van der Waals surface area contributed by atoms with Crippen molar-refractivity contribution in [3.05, 3.63) is 66.2 Å². The minimum atomic E-state index is -0.281. The topological polar surface area (TPSA) is 67.4 Å². The molecule has 0 radical (unpaired) electrons. The van der Waals surface area contributed by atoms with Gasteiger partial charge in [-0.2, -0.15) is 0 Å². The van der Waals surface area contributed by atoms with Gasteiger partial charge in [0, 0.05) is 11.7 Å². The summed E-state index contributed by atoms with van der Waals surface area (Å²) in [6, 6.07) is 19.3. The van der Waals surface area contributed by atoms with Crippen LogP contribution in [0, 0.1) is 0 Å². The molecule has 2 amide bonds. The number of carbonyl (C=O) groups excluding carboxylic acids is 2. The molecule has 0 bridgehead atoms. The molecule has 0 aliphatic heterocycles. The molecular formula is C20H24N2O3. The predicted octanol–water partition coefficient (Wildman–Crippen LogP) is 2.78. The molecule has 25 heavy (non-hydrogen) atoms. The molecule has 2 aromatic rings. The zero-order valence-electron chi connectivity index (χ0n) is 14.4. The van der Waals surface area contributed by atoms with E-state index < -0.39 is 0 Å². The normalized spacial score (nSPS) is 11.6. The van der Waals surface area contributed by atoms with Crippen LogP contribution in [-0.2, 0) is 20.7 Å². The fraction of sp³-hybridized carbons (Fsp3) is 0.300. The second-order valence-electron chi connectivity index (χ2n) is 5.90. The molecule has 0 fully saturated rings. The maximum atomic E-state index is 11.8. The van der Waals surface area contributed by atoms with E-state index in [4.69, 9.17) is 4.74 Å². The van der Waals surface area contributed by atoms with Crippen molar-refractivity contribution in [2.45, 2.75) is 25.8 Å². The predicted molar refractivity (Wildman–Crippen MR) is 98.3 cm³/mol. The van der Waals surface area contributed by atoms with Gasteiger partial charge in [0.05, 0.1) is 0 Å². The van der Waals surface area contributed by atoms with E-state index in [1.54, 1.807) is 12.1 Å². The van der Waals surface area contributed by atoms with Gasteiger partial charge < -0.3 is 15.4 Å². The standard InChI is InChI=1S/C20H24N2O3/c1-16(12-13-17-8-4-2-5-9-17)21-19(23)14-25-15-20(24)22-18-10-6-3-7-11-18/h2-11,16H,12-15H2,1H3,(H,21,23)(H,22,24). The fourth-order valence-corrected chi connectivity index (χ4v) is 2.37. The van der Waals surface area contributed by atoms with Gasteiger partial charge in [0.15, 0.2) is 0 Å². The largest absolute Gasteiger partial charge is 0.362 e. The van der Waals surface area contributed by atoms with Crippen LogP contribution in [0.3, 0.4) is 0 Å². The van der Waals surface area contributed by atoms with Crippen LogP contribution in [0.2, 0.25) is 0 Å². The Morgan fingerprint density at radius 2 is 1.52 bits per heavy atom. The Kier molecular flexibility index (Phi) is 7.66.